The van der Waals surface area contributed by atoms with Gasteiger partial charge in [0.2, 0.25) is 0 Å². The first-order chi connectivity index (χ1) is 9.84. The van der Waals surface area contributed by atoms with Crippen molar-refractivity contribution in [3.05, 3.63) is 36.0 Å². The SMILES string of the molecule is O=C(NCCC1CCCCC1)c1c[nH]c2ccccc12. The lowest BCUT2D eigenvalue weighted by atomic mass is 9.87. The summed E-state index contributed by atoms with van der Waals surface area (Å²) in [5, 5.41) is 4.07. The molecular formula is C17H22N2O. The molecule has 1 aliphatic rings. The standard InChI is InChI=1S/C17H22N2O/c20-17(18-11-10-13-6-2-1-3-7-13)15-12-19-16-9-5-4-8-14(15)16/h4-5,8-9,12-13,19H,1-3,6-7,10-11H2,(H,18,20). The molecule has 1 fully saturated rings. The van der Waals surface area contributed by atoms with Crippen LogP contribution < -0.4 is 5.32 Å². The maximum atomic E-state index is 12.2. The summed E-state index contributed by atoms with van der Waals surface area (Å²) >= 11 is 0. The number of carbonyl (C=O) groups is 1. The summed E-state index contributed by atoms with van der Waals surface area (Å²) < 4.78 is 0. The average Bonchev–Trinajstić information content (AvgIpc) is 2.92. The van der Waals surface area contributed by atoms with Crippen LogP contribution in [0.3, 0.4) is 0 Å². The highest BCUT2D eigenvalue weighted by Gasteiger charge is 2.15. The molecule has 0 atom stereocenters. The highest BCUT2D eigenvalue weighted by molar-refractivity contribution is 6.06. The third-order valence-corrected chi connectivity index (χ3v) is 4.40. The number of amides is 1. The molecule has 2 aromatic rings. The van der Waals surface area contributed by atoms with E-state index in [2.05, 4.69) is 10.3 Å². The van der Waals surface area contributed by atoms with Gasteiger partial charge in [-0.1, -0.05) is 50.3 Å². The fourth-order valence-corrected chi connectivity index (χ4v) is 3.22. The van der Waals surface area contributed by atoms with Crippen molar-refractivity contribution in [3.8, 4) is 0 Å². The van der Waals surface area contributed by atoms with Crippen molar-refractivity contribution < 1.29 is 4.79 Å². The molecule has 1 aliphatic carbocycles. The van der Waals surface area contributed by atoms with Crippen molar-refractivity contribution in [2.45, 2.75) is 38.5 Å². The lowest BCUT2D eigenvalue weighted by molar-refractivity contribution is 0.0952. The van der Waals surface area contributed by atoms with Crippen LogP contribution in [0.2, 0.25) is 0 Å². The summed E-state index contributed by atoms with van der Waals surface area (Å²) in [6.45, 7) is 0.795. The molecule has 1 aromatic carbocycles. The van der Waals surface area contributed by atoms with E-state index in [1.807, 2.05) is 24.3 Å². The Labute approximate surface area is 119 Å². The highest BCUT2D eigenvalue weighted by atomic mass is 16.1. The van der Waals surface area contributed by atoms with E-state index in [4.69, 9.17) is 0 Å². The van der Waals surface area contributed by atoms with E-state index in [1.165, 1.54) is 32.1 Å². The normalized spacial score (nSPS) is 16.4. The summed E-state index contributed by atoms with van der Waals surface area (Å²) in [4.78, 5) is 15.4. The van der Waals surface area contributed by atoms with E-state index < -0.39 is 0 Å². The fourth-order valence-electron chi connectivity index (χ4n) is 3.22. The molecule has 1 amide bonds. The molecule has 0 radical (unpaired) electrons. The van der Waals surface area contributed by atoms with Gasteiger partial charge in [-0.3, -0.25) is 4.79 Å². The molecule has 3 nitrogen and oxygen atoms in total. The number of nitrogens with one attached hydrogen (secondary N) is 2. The maximum Gasteiger partial charge on any atom is 0.253 e. The minimum Gasteiger partial charge on any atom is -0.360 e. The monoisotopic (exact) mass is 270 g/mol. The molecule has 0 spiro atoms. The number of carbonyl (C=O) groups excluding carboxylic acids is 1. The van der Waals surface area contributed by atoms with Crippen LogP contribution in [0.1, 0.15) is 48.9 Å². The lowest BCUT2D eigenvalue weighted by Crippen LogP contribution is -2.26. The van der Waals surface area contributed by atoms with Gasteiger partial charge in [0.15, 0.2) is 0 Å². The number of fused-ring (bicyclic) bond motifs is 1. The van der Waals surface area contributed by atoms with Gasteiger partial charge >= 0.3 is 0 Å². The largest absolute Gasteiger partial charge is 0.360 e. The van der Waals surface area contributed by atoms with Gasteiger partial charge in [0.05, 0.1) is 5.56 Å². The van der Waals surface area contributed by atoms with Crippen LogP contribution in [0.15, 0.2) is 30.5 Å². The zero-order valence-electron chi connectivity index (χ0n) is 11.8. The second kappa shape index (κ2) is 6.12. The Kier molecular flexibility index (Phi) is 4.05. The minimum absolute atomic E-state index is 0.0401. The number of H-pyrrole nitrogens is 1. The highest BCUT2D eigenvalue weighted by Crippen LogP contribution is 2.25. The van der Waals surface area contributed by atoms with Gasteiger partial charge in [-0.05, 0) is 18.4 Å². The number of aromatic nitrogens is 1. The van der Waals surface area contributed by atoms with Crippen molar-refractivity contribution in [2.75, 3.05) is 6.54 Å². The number of benzene rings is 1. The Morgan fingerprint density at radius 3 is 2.85 bits per heavy atom. The topological polar surface area (TPSA) is 44.9 Å². The molecule has 3 heteroatoms. The Balaban J connectivity index is 1.56. The van der Waals surface area contributed by atoms with Crippen molar-refractivity contribution in [2.24, 2.45) is 5.92 Å². The van der Waals surface area contributed by atoms with Crippen molar-refractivity contribution in [3.63, 3.8) is 0 Å². The lowest BCUT2D eigenvalue weighted by Gasteiger charge is -2.21. The molecule has 1 aromatic heterocycles. The van der Waals surface area contributed by atoms with Gasteiger partial charge in [0, 0.05) is 23.6 Å². The van der Waals surface area contributed by atoms with Crippen LogP contribution in [0, 0.1) is 5.92 Å². The van der Waals surface area contributed by atoms with Crippen LogP contribution in [-0.2, 0) is 0 Å². The Bertz CT molecular complexity index is 581. The second-order valence-corrected chi connectivity index (χ2v) is 5.80. The predicted molar refractivity (Wildman–Crippen MR) is 81.8 cm³/mol. The van der Waals surface area contributed by atoms with Gasteiger partial charge in [0.25, 0.3) is 5.91 Å². The summed E-state index contributed by atoms with van der Waals surface area (Å²) in [6, 6.07) is 7.93. The van der Waals surface area contributed by atoms with Crippen LogP contribution >= 0.6 is 0 Å². The number of aromatic amines is 1. The number of para-hydroxylation sites is 1. The van der Waals surface area contributed by atoms with Crippen molar-refractivity contribution in [1.82, 2.24) is 10.3 Å². The first-order valence-corrected chi connectivity index (χ1v) is 7.69. The smallest absolute Gasteiger partial charge is 0.253 e. The summed E-state index contributed by atoms with van der Waals surface area (Å²) in [5.41, 5.74) is 1.77. The van der Waals surface area contributed by atoms with Crippen LogP contribution in [0.5, 0.6) is 0 Å². The first-order valence-electron chi connectivity index (χ1n) is 7.69. The molecule has 0 aliphatic heterocycles. The third kappa shape index (κ3) is 2.87. The maximum absolute atomic E-state index is 12.2. The van der Waals surface area contributed by atoms with Crippen LogP contribution in [0.4, 0.5) is 0 Å². The van der Waals surface area contributed by atoms with E-state index in [1.54, 1.807) is 6.20 Å². The zero-order chi connectivity index (χ0) is 13.8. The van der Waals surface area contributed by atoms with Gasteiger partial charge in [-0.15, -0.1) is 0 Å². The average molecular weight is 270 g/mol. The van der Waals surface area contributed by atoms with Crippen LogP contribution in [-0.4, -0.2) is 17.4 Å². The van der Waals surface area contributed by atoms with E-state index >= 15 is 0 Å². The van der Waals surface area contributed by atoms with E-state index in [0.717, 1.165) is 35.3 Å². The molecular weight excluding hydrogens is 248 g/mol. The Morgan fingerprint density at radius 1 is 1.20 bits per heavy atom. The fraction of sp³-hybridized carbons (Fsp3) is 0.471. The second-order valence-electron chi connectivity index (χ2n) is 5.80. The molecule has 0 saturated heterocycles. The van der Waals surface area contributed by atoms with Crippen molar-refractivity contribution in [1.29, 1.82) is 0 Å². The molecule has 2 N–H and O–H groups in total. The molecule has 0 unspecified atom stereocenters. The predicted octanol–water partition coefficient (Wildman–Crippen LogP) is 3.87. The third-order valence-electron chi connectivity index (χ3n) is 4.40. The number of hydrogen-bond acceptors (Lipinski definition) is 1. The summed E-state index contributed by atoms with van der Waals surface area (Å²) in [5.74, 6) is 0.852. The molecule has 1 saturated carbocycles. The number of hydrogen-bond donors (Lipinski definition) is 2. The van der Waals surface area contributed by atoms with E-state index in [0.29, 0.717) is 0 Å². The molecule has 106 valence electrons. The minimum atomic E-state index is 0.0401. The van der Waals surface area contributed by atoms with Crippen molar-refractivity contribution >= 4 is 16.8 Å². The quantitative estimate of drug-likeness (QED) is 0.870. The van der Waals surface area contributed by atoms with Crippen LogP contribution in [0.25, 0.3) is 10.9 Å². The Morgan fingerprint density at radius 2 is 2.00 bits per heavy atom. The van der Waals surface area contributed by atoms with Gasteiger partial charge < -0.3 is 10.3 Å². The van der Waals surface area contributed by atoms with Gasteiger partial charge in [-0.2, -0.15) is 0 Å². The van der Waals surface area contributed by atoms with Gasteiger partial charge in [-0.25, -0.2) is 0 Å². The molecule has 3 rings (SSSR count). The van der Waals surface area contributed by atoms with E-state index in [9.17, 15) is 4.79 Å². The Hall–Kier alpha value is -1.77. The molecule has 20 heavy (non-hydrogen) atoms. The van der Waals surface area contributed by atoms with Gasteiger partial charge in [0.1, 0.15) is 0 Å². The summed E-state index contributed by atoms with van der Waals surface area (Å²) in [7, 11) is 0. The molecule has 0 bridgehead atoms. The number of rotatable bonds is 4. The first kappa shape index (κ1) is 13.2. The van der Waals surface area contributed by atoms with E-state index in [-0.39, 0.29) is 5.91 Å². The molecule has 1 heterocycles. The zero-order valence-corrected chi connectivity index (χ0v) is 11.8. The summed E-state index contributed by atoms with van der Waals surface area (Å²) in [6.07, 6.45) is 9.71.